The van der Waals surface area contributed by atoms with Crippen molar-refractivity contribution in [1.29, 1.82) is 0 Å². The number of allylic oxidation sites excluding steroid dienone is 1. The Hall–Kier alpha value is -2.78. The zero-order chi connectivity index (χ0) is 46.6. The molecule has 4 aliphatic carbocycles. The summed E-state index contributed by atoms with van der Waals surface area (Å²) in [6.45, 7) is 26.0. The van der Waals surface area contributed by atoms with Crippen LogP contribution < -0.4 is 10.6 Å². The van der Waals surface area contributed by atoms with Gasteiger partial charge >= 0.3 is 18.2 Å². The number of nitrogens with one attached hydrogen (secondary N) is 2. The molecule has 0 radical (unpaired) electrons. The SMILES string of the molecule is CC(C)CCCCC1CCC2C3CC=C4CC(OC(=O)CCC(=O)N(CCCCCCCC(C)NC(=O)OC(C)(C)C)CCC(C)NC(=O)OC(C)(C)C)CCC4(C)C3CC[C@]12C. The number of rotatable bonds is 22. The van der Waals surface area contributed by atoms with Crippen molar-refractivity contribution in [2.24, 2.45) is 40.4 Å². The van der Waals surface area contributed by atoms with Crippen LogP contribution in [0.25, 0.3) is 0 Å². The Labute approximate surface area is 384 Å². The Balaban J connectivity index is 1.24. The quantitative estimate of drug-likeness (QED) is 0.0480. The van der Waals surface area contributed by atoms with Crippen molar-refractivity contribution in [2.75, 3.05) is 13.1 Å². The van der Waals surface area contributed by atoms with Gasteiger partial charge in [-0.3, -0.25) is 9.59 Å². The van der Waals surface area contributed by atoms with E-state index in [4.69, 9.17) is 14.2 Å². The van der Waals surface area contributed by atoms with Crippen molar-refractivity contribution in [2.45, 2.75) is 247 Å². The van der Waals surface area contributed by atoms with Crippen molar-refractivity contribution in [3.05, 3.63) is 11.6 Å². The van der Waals surface area contributed by atoms with Crippen molar-refractivity contribution in [1.82, 2.24) is 15.5 Å². The summed E-state index contributed by atoms with van der Waals surface area (Å²) in [7, 11) is 0. The van der Waals surface area contributed by atoms with E-state index in [1.807, 2.05) is 60.3 Å². The molecule has 10 heteroatoms. The van der Waals surface area contributed by atoms with E-state index in [0.29, 0.717) is 24.9 Å². The maximum absolute atomic E-state index is 13.7. The molecule has 362 valence electrons. The number of fused-ring (bicyclic) bond motifs is 5. The number of carbonyl (C=O) groups is 4. The molecule has 0 bridgehead atoms. The second kappa shape index (κ2) is 23.6. The van der Waals surface area contributed by atoms with Gasteiger partial charge in [-0.15, -0.1) is 0 Å². The lowest BCUT2D eigenvalue weighted by Crippen LogP contribution is -2.50. The predicted molar refractivity (Wildman–Crippen MR) is 254 cm³/mol. The maximum atomic E-state index is 13.7. The first-order valence-corrected chi connectivity index (χ1v) is 25.6. The van der Waals surface area contributed by atoms with E-state index in [1.165, 1.54) is 63.4 Å². The summed E-state index contributed by atoms with van der Waals surface area (Å²) in [5, 5.41) is 5.82. The van der Waals surface area contributed by atoms with Crippen molar-refractivity contribution >= 4 is 24.1 Å². The standard InChI is InChI=1S/C53H93N3O7/c1-37(2)20-17-18-22-40-24-26-44-43-25-23-41-36-42(29-32-53(41,12)45(43)30-33-52(40,44)11)61-47(58)28-27-46(57)56(35-31-39(4)55-49(60)63-51(8,9)10)34-19-15-13-14-16-21-38(3)54-48(59)62-50(5,6)7/h23,37-40,42-45H,13-22,24-36H2,1-12H3,(H,54,59)(H,55,60)/t38?,39?,40?,42?,43?,44?,45?,52-,53?/m1/s1. The maximum Gasteiger partial charge on any atom is 0.407 e. The van der Waals surface area contributed by atoms with Crippen molar-refractivity contribution in [3.8, 4) is 0 Å². The van der Waals surface area contributed by atoms with E-state index < -0.39 is 17.3 Å². The summed E-state index contributed by atoms with van der Waals surface area (Å²) < 4.78 is 17.0. The lowest BCUT2D eigenvalue weighted by Gasteiger charge is -2.58. The fourth-order valence-electron chi connectivity index (χ4n) is 12.0. The van der Waals surface area contributed by atoms with E-state index in [1.54, 1.807) is 0 Å². The minimum atomic E-state index is -0.593. The van der Waals surface area contributed by atoms with Gasteiger partial charge in [-0.2, -0.15) is 0 Å². The normalized spacial score (nSPS) is 27.8. The average molecular weight is 884 g/mol. The molecule has 3 fully saturated rings. The molecule has 0 spiro atoms. The van der Waals surface area contributed by atoms with Crippen molar-refractivity contribution < 1.29 is 33.4 Å². The smallest absolute Gasteiger partial charge is 0.407 e. The summed E-state index contributed by atoms with van der Waals surface area (Å²) in [6, 6.07) is -0.149. The first kappa shape index (κ1) is 52.8. The zero-order valence-electron chi connectivity index (χ0n) is 42.3. The molecule has 0 aliphatic heterocycles. The van der Waals surface area contributed by atoms with Crippen LogP contribution in [-0.2, 0) is 23.8 Å². The average Bonchev–Trinajstić information content (AvgIpc) is 3.50. The molecule has 4 rings (SSSR count). The fraction of sp³-hybridized carbons (Fsp3) is 0.887. The highest BCUT2D eigenvalue weighted by Crippen LogP contribution is 2.67. The van der Waals surface area contributed by atoms with Crippen molar-refractivity contribution in [3.63, 3.8) is 0 Å². The van der Waals surface area contributed by atoms with Crippen LogP contribution in [0, 0.1) is 40.4 Å². The van der Waals surface area contributed by atoms with Crippen LogP contribution in [0.5, 0.6) is 0 Å². The molecule has 3 saturated carbocycles. The summed E-state index contributed by atoms with van der Waals surface area (Å²) >= 11 is 0. The van der Waals surface area contributed by atoms with Crippen LogP contribution in [-0.4, -0.2) is 71.4 Å². The molecular formula is C53H93N3O7. The second-order valence-corrected chi connectivity index (χ2v) is 23.4. The molecule has 0 heterocycles. The molecule has 4 aliphatic rings. The first-order chi connectivity index (χ1) is 29.5. The highest BCUT2D eigenvalue weighted by atomic mass is 16.6. The summed E-state index contributed by atoms with van der Waals surface area (Å²) in [5.41, 5.74) is 1.10. The highest BCUT2D eigenvalue weighted by Gasteiger charge is 2.58. The van der Waals surface area contributed by atoms with Crippen LogP contribution in [0.4, 0.5) is 9.59 Å². The largest absolute Gasteiger partial charge is 0.462 e. The minimum Gasteiger partial charge on any atom is -0.462 e. The van der Waals surface area contributed by atoms with Gasteiger partial charge in [0.2, 0.25) is 5.91 Å². The van der Waals surface area contributed by atoms with Crippen LogP contribution in [0.3, 0.4) is 0 Å². The van der Waals surface area contributed by atoms with E-state index in [2.05, 4.69) is 44.4 Å². The molecule has 9 atom stereocenters. The van der Waals surface area contributed by atoms with E-state index in [-0.39, 0.29) is 54.4 Å². The van der Waals surface area contributed by atoms with Gasteiger partial charge < -0.3 is 29.7 Å². The molecule has 2 N–H and O–H groups in total. The lowest BCUT2D eigenvalue weighted by atomic mass is 9.47. The molecule has 0 saturated heterocycles. The summed E-state index contributed by atoms with van der Waals surface area (Å²) in [6.07, 6.45) is 23.2. The molecule has 0 aromatic carbocycles. The van der Waals surface area contributed by atoms with Gasteiger partial charge in [-0.25, -0.2) is 9.59 Å². The van der Waals surface area contributed by atoms with Gasteiger partial charge in [-0.05, 0) is 166 Å². The summed E-state index contributed by atoms with van der Waals surface area (Å²) in [4.78, 5) is 53.4. The Morgan fingerprint density at radius 2 is 1.33 bits per heavy atom. The van der Waals surface area contributed by atoms with Crippen LogP contribution in [0.2, 0.25) is 0 Å². The lowest BCUT2D eigenvalue weighted by molar-refractivity contribution is -0.153. The third kappa shape index (κ3) is 16.6. The third-order valence-electron chi connectivity index (χ3n) is 15.5. The van der Waals surface area contributed by atoms with E-state index in [0.717, 1.165) is 87.4 Å². The van der Waals surface area contributed by atoms with Gasteiger partial charge in [0.25, 0.3) is 0 Å². The number of hydrogen-bond acceptors (Lipinski definition) is 7. The number of ether oxygens (including phenoxy) is 3. The van der Waals surface area contributed by atoms with Crippen LogP contribution in [0.1, 0.15) is 218 Å². The Morgan fingerprint density at radius 1 is 0.714 bits per heavy atom. The molecule has 3 amide bonds. The second-order valence-electron chi connectivity index (χ2n) is 23.4. The van der Waals surface area contributed by atoms with Gasteiger partial charge in [0, 0.05) is 38.0 Å². The Morgan fingerprint density at radius 3 is 1.98 bits per heavy atom. The highest BCUT2D eigenvalue weighted by molar-refractivity contribution is 5.81. The monoisotopic (exact) mass is 884 g/mol. The molecule has 10 nitrogen and oxygen atoms in total. The van der Waals surface area contributed by atoms with Gasteiger partial charge in [0.1, 0.15) is 17.3 Å². The minimum absolute atomic E-state index is 0.0361. The van der Waals surface area contributed by atoms with E-state index >= 15 is 0 Å². The number of esters is 1. The van der Waals surface area contributed by atoms with Gasteiger partial charge in [0.05, 0.1) is 6.42 Å². The van der Waals surface area contributed by atoms with Crippen LogP contribution in [0.15, 0.2) is 11.6 Å². The molecular weight excluding hydrogens is 791 g/mol. The predicted octanol–water partition coefficient (Wildman–Crippen LogP) is 12.9. The van der Waals surface area contributed by atoms with Crippen LogP contribution >= 0.6 is 0 Å². The Bertz CT molecular complexity index is 1510. The fourth-order valence-corrected chi connectivity index (χ4v) is 12.0. The molecule has 0 aromatic heterocycles. The van der Waals surface area contributed by atoms with Gasteiger partial charge in [-0.1, -0.05) is 84.3 Å². The number of alkyl carbamates (subject to hydrolysis) is 2. The Kier molecular flexibility index (Phi) is 19.8. The number of hydrogen-bond donors (Lipinski definition) is 2. The third-order valence-corrected chi connectivity index (χ3v) is 15.5. The topological polar surface area (TPSA) is 123 Å². The number of unbranched alkanes of at least 4 members (excludes halogenated alkanes) is 5. The number of carbonyl (C=O) groups excluding carboxylic acids is 4. The van der Waals surface area contributed by atoms with Gasteiger partial charge in [0.15, 0.2) is 0 Å². The molecule has 63 heavy (non-hydrogen) atoms. The van der Waals surface area contributed by atoms with E-state index in [9.17, 15) is 19.2 Å². The molecule has 0 aromatic rings. The first-order valence-electron chi connectivity index (χ1n) is 25.6. The summed E-state index contributed by atoms with van der Waals surface area (Å²) in [5.74, 6) is 3.72. The zero-order valence-corrected chi connectivity index (χ0v) is 42.3. The number of nitrogens with zero attached hydrogens (tertiary/aromatic N) is 1. The molecule has 8 unspecified atom stereocenters. The number of amides is 3.